The smallest absolute Gasteiger partial charge is 0.210 e. The molecule has 0 aromatic rings. The Hall–Kier alpha value is 0.0700. The number of hydrogen-bond donors (Lipinski definition) is 0. The fourth-order valence-corrected chi connectivity index (χ4v) is 2.06. The van der Waals surface area contributed by atoms with Gasteiger partial charge >= 0.3 is 0 Å². The Bertz CT molecular complexity index is 125. The lowest BCUT2D eigenvalue weighted by Gasteiger charge is -2.15. The second-order valence-corrected chi connectivity index (χ2v) is 3.25. The summed E-state index contributed by atoms with van der Waals surface area (Å²) in [4.78, 5) is 0. The molecule has 1 saturated heterocycles. The summed E-state index contributed by atoms with van der Waals surface area (Å²) in [6, 6.07) is 0. The van der Waals surface area contributed by atoms with Crippen LogP contribution in [0.15, 0.2) is 0 Å². The van der Waals surface area contributed by atoms with Crippen molar-refractivity contribution >= 4 is 11.8 Å². The van der Waals surface area contributed by atoms with Crippen LogP contribution in [0.5, 0.6) is 0 Å². The van der Waals surface area contributed by atoms with Gasteiger partial charge in [-0.2, -0.15) is 11.8 Å². The second kappa shape index (κ2) is 2.60. The Morgan fingerprint density at radius 1 is 1.40 bits per heavy atom. The van der Waals surface area contributed by atoms with Gasteiger partial charge in [-0.15, -0.1) is 0 Å². The van der Waals surface area contributed by atoms with E-state index in [0.717, 1.165) is 11.8 Å². The molecule has 0 aromatic carbocycles. The molecule has 1 atom stereocenters. The van der Waals surface area contributed by atoms with Crippen LogP contribution in [0.2, 0.25) is 0 Å². The zero-order valence-corrected chi connectivity index (χ0v) is 5.81. The summed E-state index contributed by atoms with van der Waals surface area (Å²) in [6.07, 6.45) is -2.88. The van der Waals surface area contributed by atoms with E-state index in [2.05, 4.69) is 0 Å². The van der Waals surface area contributed by atoms with Crippen molar-refractivity contribution < 1.29 is 17.6 Å². The van der Waals surface area contributed by atoms with Gasteiger partial charge in [0.25, 0.3) is 5.92 Å². The van der Waals surface area contributed by atoms with Gasteiger partial charge in [-0.25, -0.2) is 17.6 Å². The van der Waals surface area contributed by atoms with Crippen LogP contribution in [-0.4, -0.2) is 23.9 Å². The number of halogens is 4. The molecular weight excluding hydrogens is 168 g/mol. The largest absolute Gasteiger partial charge is 0.266 e. The SMILES string of the molecule is FC(F)C1CSCC1(F)F. The number of hydrogen-bond acceptors (Lipinski definition) is 1. The Balaban J connectivity index is 2.59. The predicted octanol–water partition coefficient (Wildman–Crippen LogP) is 2.25. The van der Waals surface area contributed by atoms with Crippen LogP contribution >= 0.6 is 11.8 Å². The maximum Gasteiger partial charge on any atom is 0.266 e. The van der Waals surface area contributed by atoms with Gasteiger partial charge in [-0.1, -0.05) is 0 Å². The van der Waals surface area contributed by atoms with Gasteiger partial charge in [0.2, 0.25) is 6.43 Å². The first kappa shape index (κ1) is 8.17. The highest BCUT2D eigenvalue weighted by atomic mass is 32.2. The monoisotopic (exact) mass is 174 g/mol. The lowest BCUT2D eigenvalue weighted by atomic mass is 10.1. The van der Waals surface area contributed by atoms with Gasteiger partial charge < -0.3 is 0 Å². The summed E-state index contributed by atoms with van der Waals surface area (Å²) < 4.78 is 48.2. The molecule has 0 nitrogen and oxygen atoms in total. The zero-order chi connectivity index (χ0) is 7.78. The molecule has 0 saturated carbocycles. The highest BCUT2D eigenvalue weighted by Crippen LogP contribution is 2.41. The molecule has 1 aliphatic heterocycles. The molecule has 0 bridgehead atoms. The Labute approximate surface area is 60.0 Å². The molecule has 1 rings (SSSR count). The van der Waals surface area contributed by atoms with Crippen LogP contribution in [-0.2, 0) is 0 Å². The lowest BCUT2D eigenvalue weighted by molar-refractivity contribution is -0.0808. The summed E-state index contributed by atoms with van der Waals surface area (Å²) in [6.45, 7) is 0. The minimum absolute atomic E-state index is 0.120. The topological polar surface area (TPSA) is 0 Å². The maximum absolute atomic E-state index is 12.4. The standard InChI is InChI=1S/C5H6F4S/c6-4(7)3-1-10-2-5(3,8)9/h3-4H,1-2H2. The molecule has 5 heteroatoms. The van der Waals surface area contributed by atoms with E-state index in [4.69, 9.17) is 0 Å². The van der Waals surface area contributed by atoms with Crippen LogP contribution < -0.4 is 0 Å². The van der Waals surface area contributed by atoms with Crippen LogP contribution in [0.1, 0.15) is 0 Å². The van der Waals surface area contributed by atoms with Crippen molar-refractivity contribution in [2.75, 3.05) is 11.5 Å². The summed E-state index contributed by atoms with van der Waals surface area (Å²) in [5.41, 5.74) is 0. The first-order valence-electron chi connectivity index (χ1n) is 2.78. The molecule has 0 aliphatic carbocycles. The van der Waals surface area contributed by atoms with Crippen molar-refractivity contribution in [2.45, 2.75) is 12.3 Å². The molecule has 0 radical (unpaired) electrons. The molecule has 0 N–H and O–H groups in total. The van der Waals surface area contributed by atoms with Gasteiger partial charge in [0.05, 0.1) is 11.7 Å². The van der Waals surface area contributed by atoms with Gasteiger partial charge in [0.15, 0.2) is 0 Å². The molecule has 60 valence electrons. The molecule has 0 amide bonds. The van der Waals surface area contributed by atoms with E-state index < -0.39 is 24.0 Å². The molecular formula is C5H6F4S. The molecule has 1 unspecified atom stereocenters. The van der Waals surface area contributed by atoms with Crippen molar-refractivity contribution in [2.24, 2.45) is 5.92 Å². The molecule has 10 heavy (non-hydrogen) atoms. The summed E-state index contributed by atoms with van der Waals surface area (Å²) in [5.74, 6) is -5.46. The van der Waals surface area contributed by atoms with Crippen molar-refractivity contribution in [3.05, 3.63) is 0 Å². The van der Waals surface area contributed by atoms with Crippen LogP contribution in [0.25, 0.3) is 0 Å². The van der Waals surface area contributed by atoms with Crippen molar-refractivity contribution in [1.82, 2.24) is 0 Å². The van der Waals surface area contributed by atoms with Gasteiger partial charge in [0, 0.05) is 5.75 Å². The van der Waals surface area contributed by atoms with E-state index in [1.54, 1.807) is 0 Å². The van der Waals surface area contributed by atoms with E-state index in [1.165, 1.54) is 0 Å². The fraction of sp³-hybridized carbons (Fsp3) is 1.00. The number of alkyl halides is 4. The van der Waals surface area contributed by atoms with Gasteiger partial charge in [-0.05, 0) is 0 Å². The minimum Gasteiger partial charge on any atom is -0.210 e. The van der Waals surface area contributed by atoms with Gasteiger partial charge in [-0.3, -0.25) is 0 Å². The third kappa shape index (κ3) is 1.38. The number of rotatable bonds is 1. The third-order valence-electron chi connectivity index (χ3n) is 1.44. The van der Waals surface area contributed by atoms with Crippen LogP contribution in [0.4, 0.5) is 17.6 Å². The Morgan fingerprint density at radius 2 is 2.00 bits per heavy atom. The summed E-state index contributed by atoms with van der Waals surface area (Å²) in [5, 5.41) is 0. The van der Waals surface area contributed by atoms with Crippen molar-refractivity contribution in [1.29, 1.82) is 0 Å². The highest BCUT2D eigenvalue weighted by Gasteiger charge is 2.49. The first-order chi connectivity index (χ1) is 4.54. The van der Waals surface area contributed by atoms with E-state index in [1.807, 2.05) is 0 Å². The molecule has 1 fully saturated rings. The highest BCUT2D eigenvalue weighted by molar-refractivity contribution is 7.99. The molecule has 1 aliphatic rings. The van der Waals surface area contributed by atoms with E-state index in [0.29, 0.717) is 0 Å². The molecule has 0 spiro atoms. The number of thioether (sulfide) groups is 1. The van der Waals surface area contributed by atoms with E-state index in [-0.39, 0.29) is 5.75 Å². The maximum atomic E-state index is 12.4. The normalized spacial score (nSPS) is 31.5. The molecule has 1 heterocycles. The van der Waals surface area contributed by atoms with E-state index in [9.17, 15) is 17.6 Å². The minimum atomic E-state index is -3.15. The van der Waals surface area contributed by atoms with Gasteiger partial charge in [0.1, 0.15) is 0 Å². The van der Waals surface area contributed by atoms with Crippen LogP contribution in [0, 0.1) is 5.92 Å². The zero-order valence-electron chi connectivity index (χ0n) is 4.99. The average Bonchev–Trinajstić information content (AvgIpc) is 2.08. The summed E-state index contributed by atoms with van der Waals surface area (Å²) in [7, 11) is 0. The van der Waals surface area contributed by atoms with Crippen molar-refractivity contribution in [3.63, 3.8) is 0 Å². The van der Waals surface area contributed by atoms with Crippen molar-refractivity contribution in [3.8, 4) is 0 Å². The first-order valence-corrected chi connectivity index (χ1v) is 3.93. The Kier molecular flexibility index (Phi) is 2.12. The second-order valence-electron chi connectivity index (χ2n) is 2.22. The third-order valence-corrected chi connectivity index (χ3v) is 2.62. The summed E-state index contributed by atoms with van der Waals surface area (Å²) >= 11 is 0.887. The lowest BCUT2D eigenvalue weighted by Crippen LogP contribution is -2.31. The molecule has 0 aromatic heterocycles. The predicted molar refractivity (Wildman–Crippen MR) is 31.8 cm³/mol. The fourth-order valence-electron chi connectivity index (χ4n) is 0.808. The average molecular weight is 174 g/mol. The van der Waals surface area contributed by atoms with Crippen LogP contribution in [0.3, 0.4) is 0 Å². The van der Waals surface area contributed by atoms with E-state index >= 15 is 0 Å². The quantitative estimate of drug-likeness (QED) is 0.549. The Morgan fingerprint density at radius 3 is 2.20 bits per heavy atom.